The predicted molar refractivity (Wildman–Crippen MR) is 115 cm³/mol. The molecule has 0 spiro atoms. The molecule has 29 heavy (non-hydrogen) atoms. The Morgan fingerprint density at radius 1 is 1.10 bits per heavy atom. The number of phenolic OH excluding ortho intramolecular Hbond substituents is 1. The summed E-state index contributed by atoms with van der Waals surface area (Å²) in [4.78, 5) is 12.3. The molecule has 0 radical (unpaired) electrons. The highest BCUT2D eigenvalue weighted by molar-refractivity contribution is 6.30. The summed E-state index contributed by atoms with van der Waals surface area (Å²) in [5, 5.41) is 13.3. The fourth-order valence-electron chi connectivity index (χ4n) is 2.62. The number of aromatic hydroxyl groups is 1. The number of ether oxygens (including phenoxy) is 2. The minimum absolute atomic E-state index is 0.0137. The van der Waals surface area contributed by atoms with E-state index < -0.39 is 0 Å². The van der Waals surface area contributed by atoms with Gasteiger partial charge >= 0.3 is 0 Å². The first-order chi connectivity index (χ1) is 14.0. The van der Waals surface area contributed by atoms with E-state index in [9.17, 15) is 9.90 Å². The van der Waals surface area contributed by atoms with Crippen LogP contribution in [-0.4, -0.2) is 18.1 Å². The van der Waals surface area contributed by atoms with E-state index in [1.165, 1.54) is 19.3 Å². The molecule has 0 atom stereocenters. The van der Waals surface area contributed by atoms with Gasteiger partial charge in [0.25, 0.3) is 0 Å². The van der Waals surface area contributed by atoms with Crippen molar-refractivity contribution in [3.8, 4) is 17.2 Å². The molecule has 0 aliphatic heterocycles. The van der Waals surface area contributed by atoms with Crippen LogP contribution < -0.4 is 14.8 Å². The molecule has 0 saturated heterocycles. The molecule has 0 aromatic heterocycles. The lowest BCUT2D eigenvalue weighted by Gasteiger charge is -2.11. The number of benzene rings is 3. The van der Waals surface area contributed by atoms with Gasteiger partial charge in [-0.15, -0.1) is 0 Å². The Labute approximate surface area is 174 Å². The maximum Gasteiger partial charge on any atom is 0.248 e. The van der Waals surface area contributed by atoms with E-state index in [2.05, 4.69) is 5.32 Å². The molecule has 0 fully saturated rings. The van der Waals surface area contributed by atoms with Crippen molar-refractivity contribution < 1.29 is 19.4 Å². The van der Waals surface area contributed by atoms with Crippen LogP contribution >= 0.6 is 11.6 Å². The number of halogens is 1. The number of rotatable bonds is 7. The Kier molecular flexibility index (Phi) is 6.76. The number of anilines is 1. The Morgan fingerprint density at radius 3 is 2.59 bits per heavy atom. The number of hydrogen-bond acceptors (Lipinski definition) is 4. The van der Waals surface area contributed by atoms with Crippen LogP contribution in [0.2, 0.25) is 5.02 Å². The maximum absolute atomic E-state index is 12.3. The van der Waals surface area contributed by atoms with E-state index in [1.807, 2.05) is 24.3 Å². The quantitative estimate of drug-likeness (QED) is 0.520. The van der Waals surface area contributed by atoms with E-state index in [0.29, 0.717) is 34.4 Å². The van der Waals surface area contributed by atoms with Gasteiger partial charge in [-0.25, -0.2) is 0 Å². The van der Waals surface area contributed by atoms with Crippen LogP contribution in [0.1, 0.15) is 11.1 Å². The zero-order valence-electron chi connectivity index (χ0n) is 15.8. The summed E-state index contributed by atoms with van der Waals surface area (Å²) in [6.07, 6.45) is 3.01. The molecule has 3 aromatic rings. The van der Waals surface area contributed by atoms with Gasteiger partial charge < -0.3 is 19.9 Å². The van der Waals surface area contributed by atoms with Crippen molar-refractivity contribution in [3.05, 3.63) is 89.0 Å². The van der Waals surface area contributed by atoms with Crippen LogP contribution in [0.25, 0.3) is 6.08 Å². The lowest BCUT2D eigenvalue weighted by molar-refractivity contribution is -0.111. The fraction of sp³-hybridized carbons (Fsp3) is 0.0870. The molecule has 148 valence electrons. The highest BCUT2D eigenvalue weighted by Gasteiger charge is 2.06. The van der Waals surface area contributed by atoms with Crippen LogP contribution in [0.5, 0.6) is 17.2 Å². The third kappa shape index (κ3) is 5.77. The van der Waals surface area contributed by atoms with Gasteiger partial charge in [0.05, 0.1) is 7.11 Å². The second-order valence-corrected chi connectivity index (χ2v) is 6.59. The van der Waals surface area contributed by atoms with Crippen molar-refractivity contribution in [1.29, 1.82) is 0 Å². The Morgan fingerprint density at radius 2 is 1.86 bits per heavy atom. The van der Waals surface area contributed by atoms with Crippen molar-refractivity contribution >= 4 is 29.3 Å². The summed E-state index contributed by atoms with van der Waals surface area (Å²) >= 11 is 5.88. The number of para-hydroxylation sites is 1. The van der Waals surface area contributed by atoms with Crippen LogP contribution in [0.15, 0.2) is 72.8 Å². The van der Waals surface area contributed by atoms with Gasteiger partial charge in [-0.1, -0.05) is 35.9 Å². The second-order valence-electron chi connectivity index (χ2n) is 6.15. The van der Waals surface area contributed by atoms with Gasteiger partial charge in [0.1, 0.15) is 12.4 Å². The van der Waals surface area contributed by atoms with Crippen molar-refractivity contribution in [2.24, 2.45) is 0 Å². The topological polar surface area (TPSA) is 67.8 Å². The molecule has 0 bridgehead atoms. The van der Waals surface area contributed by atoms with E-state index >= 15 is 0 Å². The molecule has 0 heterocycles. The maximum atomic E-state index is 12.3. The third-order valence-electron chi connectivity index (χ3n) is 4.11. The minimum Gasteiger partial charge on any atom is -0.504 e. The van der Waals surface area contributed by atoms with Crippen LogP contribution in [-0.2, 0) is 11.4 Å². The molecular formula is C23H20ClNO4. The largest absolute Gasteiger partial charge is 0.504 e. The molecule has 0 aliphatic rings. The van der Waals surface area contributed by atoms with Gasteiger partial charge in [-0.3, -0.25) is 4.79 Å². The highest BCUT2D eigenvalue weighted by atomic mass is 35.5. The number of carbonyl (C=O) groups excluding carboxylic acids is 1. The summed E-state index contributed by atoms with van der Waals surface area (Å²) in [5.41, 5.74) is 2.18. The molecule has 0 aliphatic carbocycles. The standard InChI is InChI=1S/C23H20ClNO4/c1-28-22-12-6-16(14-21(22)26)7-13-23(27)25-20-5-3-2-4-17(20)15-29-19-10-8-18(24)9-11-19/h2-14,26H,15H2,1H3,(H,25,27)/b13-7+. The average molecular weight is 410 g/mol. The van der Waals surface area contributed by atoms with E-state index in [-0.39, 0.29) is 11.7 Å². The molecule has 3 rings (SSSR count). The number of phenols is 1. The molecule has 0 unspecified atom stereocenters. The molecule has 0 saturated carbocycles. The van der Waals surface area contributed by atoms with Crippen LogP contribution in [0.3, 0.4) is 0 Å². The zero-order valence-corrected chi connectivity index (χ0v) is 16.5. The third-order valence-corrected chi connectivity index (χ3v) is 4.37. The minimum atomic E-state index is -0.292. The van der Waals surface area contributed by atoms with E-state index in [4.69, 9.17) is 21.1 Å². The number of hydrogen-bond donors (Lipinski definition) is 2. The Hall–Kier alpha value is -3.44. The van der Waals surface area contributed by atoms with Gasteiger partial charge in [-0.2, -0.15) is 0 Å². The molecule has 3 aromatic carbocycles. The van der Waals surface area contributed by atoms with E-state index in [1.54, 1.807) is 42.5 Å². The highest BCUT2D eigenvalue weighted by Crippen LogP contribution is 2.26. The first-order valence-corrected chi connectivity index (χ1v) is 9.25. The Bertz CT molecular complexity index is 1020. The van der Waals surface area contributed by atoms with Gasteiger partial charge in [0.15, 0.2) is 11.5 Å². The van der Waals surface area contributed by atoms with Gasteiger partial charge in [0, 0.05) is 22.3 Å². The van der Waals surface area contributed by atoms with Crippen molar-refractivity contribution in [2.45, 2.75) is 6.61 Å². The number of methoxy groups -OCH3 is 1. The predicted octanol–water partition coefficient (Wildman–Crippen LogP) is 5.29. The van der Waals surface area contributed by atoms with Gasteiger partial charge in [0.2, 0.25) is 5.91 Å². The molecule has 2 N–H and O–H groups in total. The summed E-state index contributed by atoms with van der Waals surface area (Å²) in [6.45, 7) is 0.300. The lowest BCUT2D eigenvalue weighted by Crippen LogP contribution is -2.10. The number of nitrogens with one attached hydrogen (secondary N) is 1. The smallest absolute Gasteiger partial charge is 0.248 e. The van der Waals surface area contributed by atoms with Crippen molar-refractivity contribution in [1.82, 2.24) is 0 Å². The van der Waals surface area contributed by atoms with Crippen molar-refractivity contribution in [3.63, 3.8) is 0 Å². The normalized spacial score (nSPS) is 10.7. The summed E-state index contributed by atoms with van der Waals surface area (Å²) in [6, 6.07) is 19.4. The molecule has 5 nitrogen and oxygen atoms in total. The monoisotopic (exact) mass is 409 g/mol. The lowest BCUT2D eigenvalue weighted by atomic mass is 10.1. The molecule has 1 amide bonds. The summed E-state index contributed by atoms with van der Waals surface area (Å²) in [7, 11) is 1.48. The Balaban J connectivity index is 1.64. The molecule has 6 heteroatoms. The van der Waals surface area contributed by atoms with Gasteiger partial charge in [-0.05, 0) is 54.1 Å². The SMILES string of the molecule is COc1ccc(/C=C/C(=O)Nc2ccccc2COc2ccc(Cl)cc2)cc1O. The first-order valence-electron chi connectivity index (χ1n) is 8.87. The summed E-state index contributed by atoms with van der Waals surface area (Å²) < 4.78 is 10.8. The summed E-state index contributed by atoms with van der Waals surface area (Å²) in [5.74, 6) is 0.787. The number of amides is 1. The van der Waals surface area contributed by atoms with Crippen LogP contribution in [0, 0.1) is 0 Å². The average Bonchev–Trinajstić information content (AvgIpc) is 2.73. The zero-order chi connectivity index (χ0) is 20.6. The van der Waals surface area contributed by atoms with E-state index in [0.717, 1.165) is 5.56 Å². The van der Waals surface area contributed by atoms with Crippen LogP contribution in [0.4, 0.5) is 5.69 Å². The second kappa shape index (κ2) is 9.66. The van der Waals surface area contributed by atoms with Crippen molar-refractivity contribution in [2.75, 3.05) is 12.4 Å². The number of carbonyl (C=O) groups is 1. The fourth-order valence-corrected chi connectivity index (χ4v) is 2.74. The molecular weight excluding hydrogens is 390 g/mol. The first kappa shape index (κ1) is 20.3.